The first-order valence-corrected chi connectivity index (χ1v) is 8.63. The van der Waals surface area contributed by atoms with Crippen molar-refractivity contribution < 1.29 is 14.3 Å². The van der Waals surface area contributed by atoms with Crippen LogP contribution in [0.1, 0.15) is 42.3 Å². The fourth-order valence-corrected chi connectivity index (χ4v) is 3.14. The van der Waals surface area contributed by atoms with E-state index < -0.39 is 5.97 Å². The van der Waals surface area contributed by atoms with Gasteiger partial charge >= 0.3 is 5.97 Å². The van der Waals surface area contributed by atoms with Crippen LogP contribution in [0, 0.1) is 6.92 Å². The molecule has 0 atom stereocenters. The molecule has 0 radical (unpaired) electrons. The van der Waals surface area contributed by atoms with Crippen molar-refractivity contribution >= 4 is 29.2 Å². The van der Waals surface area contributed by atoms with Gasteiger partial charge in [-0.25, -0.2) is 4.79 Å². The Morgan fingerprint density at radius 2 is 1.68 bits per heavy atom. The van der Waals surface area contributed by atoms with Crippen molar-refractivity contribution in [3.05, 3.63) is 51.0 Å². The number of hydrogen-bond acceptors (Lipinski definition) is 3. The zero-order chi connectivity index (χ0) is 18.9. The number of rotatable bonds is 3. The van der Waals surface area contributed by atoms with Gasteiger partial charge in [0, 0.05) is 5.56 Å². The van der Waals surface area contributed by atoms with Crippen molar-refractivity contribution in [1.82, 2.24) is 0 Å². The largest absolute Gasteiger partial charge is 0.496 e. The third kappa shape index (κ3) is 3.78. The summed E-state index contributed by atoms with van der Waals surface area (Å²) in [7, 11) is 2.93. The minimum Gasteiger partial charge on any atom is -0.496 e. The zero-order valence-corrected chi connectivity index (χ0v) is 16.8. The van der Waals surface area contributed by atoms with Gasteiger partial charge in [-0.3, -0.25) is 0 Å². The Morgan fingerprint density at radius 1 is 1.04 bits per heavy atom. The van der Waals surface area contributed by atoms with Gasteiger partial charge in [0.1, 0.15) is 11.3 Å². The molecular weight excluding hydrogens is 359 g/mol. The second-order valence-corrected chi connectivity index (χ2v) is 7.69. The Labute approximate surface area is 158 Å². The SMILES string of the molecule is COC(=O)c1c(C)c(-c2ccc(Cl)c(Cl)c2)cc(C(C)(C)C)c1OC. The van der Waals surface area contributed by atoms with E-state index in [1.54, 1.807) is 19.2 Å². The lowest BCUT2D eigenvalue weighted by molar-refractivity contribution is 0.0596. The van der Waals surface area contributed by atoms with Crippen LogP contribution in [0.4, 0.5) is 0 Å². The lowest BCUT2D eigenvalue weighted by Crippen LogP contribution is -2.17. The lowest BCUT2D eigenvalue weighted by Gasteiger charge is -2.26. The van der Waals surface area contributed by atoms with Crippen LogP contribution in [0.25, 0.3) is 11.1 Å². The topological polar surface area (TPSA) is 35.5 Å². The Kier molecular flexibility index (Phi) is 5.70. The molecule has 0 aliphatic heterocycles. The molecule has 0 fully saturated rings. The van der Waals surface area contributed by atoms with E-state index in [-0.39, 0.29) is 5.41 Å². The molecule has 2 aromatic carbocycles. The molecule has 0 aliphatic carbocycles. The molecule has 0 spiro atoms. The number of halogens is 2. The van der Waals surface area contributed by atoms with E-state index in [9.17, 15) is 4.79 Å². The zero-order valence-electron chi connectivity index (χ0n) is 15.3. The van der Waals surface area contributed by atoms with Crippen LogP contribution in [-0.4, -0.2) is 20.2 Å². The summed E-state index contributed by atoms with van der Waals surface area (Å²) in [5.74, 6) is 0.113. The number of methoxy groups -OCH3 is 2. The highest BCUT2D eigenvalue weighted by atomic mass is 35.5. The van der Waals surface area contributed by atoms with Crippen LogP contribution >= 0.6 is 23.2 Å². The second-order valence-electron chi connectivity index (χ2n) is 6.88. The van der Waals surface area contributed by atoms with Crippen LogP contribution in [-0.2, 0) is 10.2 Å². The molecule has 134 valence electrons. The number of hydrogen-bond donors (Lipinski definition) is 0. The van der Waals surface area contributed by atoms with E-state index in [1.807, 2.05) is 19.1 Å². The third-order valence-corrected chi connectivity index (χ3v) is 4.91. The highest BCUT2D eigenvalue weighted by Gasteiger charge is 2.28. The fraction of sp³-hybridized carbons (Fsp3) is 0.350. The van der Waals surface area contributed by atoms with Gasteiger partial charge in [0.15, 0.2) is 0 Å². The summed E-state index contributed by atoms with van der Waals surface area (Å²) < 4.78 is 10.6. The molecule has 0 aliphatic rings. The third-order valence-electron chi connectivity index (χ3n) is 4.17. The van der Waals surface area contributed by atoms with Crippen molar-refractivity contribution in [2.45, 2.75) is 33.1 Å². The summed E-state index contributed by atoms with van der Waals surface area (Å²) in [6, 6.07) is 7.47. The van der Waals surface area contributed by atoms with Crippen molar-refractivity contribution in [2.75, 3.05) is 14.2 Å². The monoisotopic (exact) mass is 380 g/mol. The molecule has 25 heavy (non-hydrogen) atoms. The summed E-state index contributed by atoms with van der Waals surface area (Å²) >= 11 is 12.2. The lowest BCUT2D eigenvalue weighted by atomic mass is 9.81. The molecule has 0 saturated carbocycles. The van der Waals surface area contributed by atoms with Crippen molar-refractivity contribution in [2.24, 2.45) is 0 Å². The summed E-state index contributed by atoms with van der Waals surface area (Å²) in [5.41, 5.74) is 3.66. The van der Waals surface area contributed by atoms with Crippen molar-refractivity contribution in [1.29, 1.82) is 0 Å². The Bertz CT molecular complexity index is 821. The van der Waals surface area contributed by atoms with Gasteiger partial charge in [0.2, 0.25) is 0 Å². The standard InChI is InChI=1S/C20H22Cl2O3/c1-11-13(12-7-8-15(21)16(22)9-12)10-14(20(2,3)4)18(24-5)17(11)19(23)25-6/h7-10H,1-6H3. The number of carbonyl (C=O) groups excluding carboxylic acids is 1. The number of esters is 1. The van der Waals surface area contributed by atoms with Gasteiger partial charge < -0.3 is 9.47 Å². The van der Waals surface area contributed by atoms with Gasteiger partial charge in [-0.1, -0.05) is 50.0 Å². The van der Waals surface area contributed by atoms with E-state index in [4.69, 9.17) is 32.7 Å². The molecule has 2 aromatic rings. The molecule has 0 amide bonds. The summed E-state index contributed by atoms with van der Waals surface area (Å²) in [6.07, 6.45) is 0. The van der Waals surface area contributed by atoms with E-state index in [2.05, 4.69) is 20.8 Å². The maximum absolute atomic E-state index is 12.4. The molecule has 0 unspecified atom stereocenters. The molecule has 3 nitrogen and oxygen atoms in total. The molecule has 2 rings (SSSR count). The molecule has 0 N–H and O–H groups in total. The molecule has 0 bridgehead atoms. The quantitative estimate of drug-likeness (QED) is 0.606. The van der Waals surface area contributed by atoms with Crippen LogP contribution < -0.4 is 4.74 Å². The molecule has 0 aromatic heterocycles. The summed E-state index contributed by atoms with van der Waals surface area (Å²) in [4.78, 5) is 12.4. The summed E-state index contributed by atoms with van der Waals surface area (Å²) in [6.45, 7) is 8.08. The molecular formula is C20H22Cl2O3. The Balaban J connectivity index is 2.89. The minimum atomic E-state index is -0.429. The minimum absolute atomic E-state index is 0.229. The first-order valence-electron chi connectivity index (χ1n) is 7.87. The van der Waals surface area contributed by atoms with Crippen LogP contribution in [0.3, 0.4) is 0 Å². The van der Waals surface area contributed by atoms with Gasteiger partial charge in [-0.2, -0.15) is 0 Å². The first kappa shape index (κ1) is 19.6. The fourth-order valence-electron chi connectivity index (χ4n) is 2.84. The summed E-state index contributed by atoms with van der Waals surface area (Å²) in [5, 5.41) is 0.951. The molecule has 0 heterocycles. The van der Waals surface area contributed by atoms with Crippen LogP contribution in [0.5, 0.6) is 5.75 Å². The highest BCUT2D eigenvalue weighted by molar-refractivity contribution is 6.42. The van der Waals surface area contributed by atoms with E-state index in [0.29, 0.717) is 21.4 Å². The Morgan fingerprint density at radius 3 is 2.16 bits per heavy atom. The smallest absolute Gasteiger partial charge is 0.341 e. The van der Waals surface area contributed by atoms with Gasteiger partial charge in [0.25, 0.3) is 0 Å². The average molecular weight is 381 g/mol. The molecule has 0 saturated heterocycles. The maximum Gasteiger partial charge on any atom is 0.341 e. The van der Waals surface area contributed by atoms with E-state index >= 15 is 0 Å². The highest BCUT2D eigenvalue weighted by Crippen LogP contribution is 2.41. The van der Waals surface area contributed by atoms with Gasteiger partial charge in [-0.15, -0.1) is 0 Å². The normalized spacial score (nSPS) is 11.4. The second kappa shape index (κ2) is 7.27. The van der Waals surface area contributed by atoms with Crippen LogP contribution in [0.2, 0.25) is 10.0 Å². The van der Waals surface area contributed by atoms with Gasteiger partial charge in [-0.05, 0) is 47.2 Å². The van der Waals surface area contributed by atoms with Crippen LogP contribution in [0.15, 0.2) is 24.3 Å². The van der Waals surface area contributed by atoms with E-state index in [1.165, 1.54) is 7.11 Å². The average Bonchev–Trinajstić information content (AvgIpc) is 2.55. The van der Waals surface area contributed by atoms with Gasteiger partial charge in [0.05, 0.1) is 24.3 Å². The van der Waals surface area contributed by atoms with Crippen molar-refractivity contribution in [3.8, 4) is 16.9 Å². The molecule has 5 heteroatoms. The number of carbonyl (C=O) groups is 1. The number of ether oxygens (including phenoxy) is 2. The Hall–Kier alpha value is -1.71. The van der Waals surface area contributed by atoms with Crippen molar-refractivity contribution in [3.63, 3.8) is 0 Å². The maximum atomic E-state index is 12.4. The predicted octanol–water partition coefficient (Wildman–Crippen LogP) is 6.06. The predicted molar refractivity (Wildman–Crippen MR) is 103 cm³/mol. The number of benzene rings is 2. The van der Waals surface area contributed by atoms with E-state index in [0.717, 1.165) is 22.3 Å². The first-order chi connectivity index (χ1) is 11.6.